The summed E-state index contributed by atoms with van der Waals surface area (Å²) in [6.45, 7) is 6.25. The van der Waals surface area contributed by atoms with Crippen LogP contribution in [0.25, 0.3) is 11.6 Å². The Bertz CT molecular complexity index is 629. The maximum Gasteiger partial charge on any atom is 0.252 e. The van der Waals surface area contributed by atoms with Gasteiger partial charge in [0.1, 0.15) is 0 Å². The molecule has 2 nitrogen and oxygen atoms in total. The molecule has 2 heteroatoms. The van der Waals surface area contributed by atoms with Gasteiger partial charge in [0, 0.05) is 11.6 Å². The van der Waals surface area contributed by atoms with E-state index >= 15 is 0 Å². The lowest BCUT2D eigenvalue weighted by Gasteiger charge is -2.19. The first-order valence-corrected chi connectivity index (χ1v) is 7.71. The molecule has 0 heterocycles. The van der Waals surface area contributed by atoms with E-state index in [1.807, 2.05) is 73.7 Å². The molecule has 2 aromatic carbocycles. The zero-order chi connectivity index (χ0) is 15.9. The summed E-state index contributed by atoms with van der Waals surface area (Å²) in [4.78, 5) is 12.7. The Kier molecular flexibility index (Phi) is 5.54. The second kappa shape index (κ2) is 7.60. The Morgan fingerprint density at radius 1 is 0.909 bits per heavy atom. The third-order valence-electron chi connectivity index (χ3n) is 3.80. The van der Waals surface area contributed by atoms with Gasteiger partial charge in [0.15, 0.2) is 0 Å². The van der Waals surface area contributed by atoms with Gasteiger partial charge < -0.3 is 5.32 Å². The van der Waals surface area contributed by atoms with Crippen LogP contribution in [0.15, 0.2) is 60.7 Å². The molecule has 0 radical (unpaired) electrons. The molecule has 1 atom stereocenters. The van der Waals surface area contributed by atoms with E-state index in [1.54, 1.807) is 0 Å². The second-order valence-corrected chi connectivity index (χ2v) is 5.84. The predicted molar refractivity (Wildman–Crippen MR) is 93.2 cm³/mol. The Labute approximate surface area is 132 Å². The van der Waals surface area contributed by atoms with Crippen molar-refractivity contribution in [2.24, 2.45) is 5.92 Å². The van der Waals surface area contributed by atoms with Gasteiger partial charge in [0.25, 0.3) is 5.91 Å². The highest BCUT2D eigenvalue weighted by Crippen LogP contribution is 2.19. The maximum absolute atomic E-state index is 12.7. The fourth-order valence-corrected chi connectivity index (χ4v) is 2.06. The highest BCUT2D eigenvalue weighted by Gasteiger charge is 2.16. The van der Waals surface area contributed by atoms with Crippen LogP contribution in [0.2, 0.25) is 0 Å². The minimum atomic E-state index is -0.0312. The van der Waals surface area contributed by atoms with Crippen molar-refractivity contribution < 1.29 is 4.79 Å². The molecule has 0 saturated carbocycles. The summed E-state index contributed by atoms with van der Waals surface area (Å²) in [6, 6.07) is 19.9. The lowest BCUT2D eigenvalue weighted by Crippen LogP contribution is -2.36. The quantitative estimate of drug-likeness (QED) is 0.643. The zero-order valence-electron chi connectivity index (χ0n) is 13.4. The molecule has 0 aliphatic rings. The van der Waals surface area contributed by atoms with Crippen LogP contribution in [0.5, 0.6) is 0 Å². The first-order valence-electron chi connectivity index (χ1n) is 7.71. The second-order valence-electron chi connectivity index (χ2n) is 5.84. The third-order valence-corrected chi connectivity index (χ3v) is 3.80. The minimum absolute atomic E-state index is 0.0312. The van der Waals surface area contributed by atoms with Crippen LogP contribution in [0.3, 0.4) is 0 Å². The van der Waals surface area contributed by atoms with Crippen LogP contribution in [0, 0.1) is 5.92 Å². The van der Waals surface area contributed by atoms with E-state index < -0.39 is 0 Å². The normalized spacial score (nSPS) is 13.0. The number of hydrogen-bond acceptors (Lipinski definition) is 1. The molecule has 1 N–H and O–H groups in total. The van der Waals surface area contributed by atoms with Gasteiger partial charge in [-0.15, -0.1) is 0 Å². The van der Waals surface area contributed by atoms with Crippen LogP contribution < -0.4 is 5.32 Å². The molecule has 0 fully saturated rings. The SMILES string of the molecule is CC(C)[C@@H](C)NC(=O)/C(=C/c1ccccc1)c1ccccc1. The number of rotatable bonds is 5. The van der Waals surface area contributed by atoms with Gasteiger partial charge in [-0.25, -0.2) is 0 Å². The van der Waals surface area contributed by atoms with Crippen molar-refractivity contribution in [3.05, 3.63) is 71.8 Å². The first kappa shape index (κ1) is 16.0. The minimum Gasteiger partial charge on any atom is -0.349 e. The molecular formula is C20H23NO. The molecule has 22 heavy (non-hydrogen) atoms. The van der Waals surface area contributed by atoms with Crippen molar-refractivity contribution in [2.45, 2.75) is 26.8 Å². The third kappa shape index (κ3) is 4.32. The van der Waals surface area contributed by atoms with E-state index in [0.29, 0.717) is 11.5 Å². The lowest BCUT2D eigenvalue weighted by atomic mass is 10.0. The van der Waals surface area contributed by atoms with E-state index in [1.165, 1.54) is 0 Å². The fraction of sp³-hybridized carbons (Fsp3) is 0.250. The number of benzene rings is 2. The van der Waals surface area contributed by atoms with Crippen LogP contribution in [0.4, 0.5) is 0 Å². The molecule has 114 valence electrons. The van der Waals surface area contributed by atoms with Crippen LogP contribution in [-0.2, 0) is 4.79 Å². The number of carbonyl (C=O) groups excluding carboxylic acids is 1. The Morgan fingerprint density at radius 3 is 2.00 bits per heavy atom. The average molecular weight is 293 g/mol. The number of amides is 1. The number of nitrogens with one attached hydrogen (secondary N) is 1. The summed E-state index contributed by atoms with van der Waals surface area (Å²) in [6.07, 6.45) is 1.94. The summed E-state index contributed by atoms with van der Waals surface area (Å²) >= 11 is 0. The van der Waals surface area contributed by atoms with Crippen molar-refractivity contribution >= 4 is 17.6 Å². The van der Waals surface area contributed by atoms with Gasteiger partial charge in [-0.1, -0.05) is 74.5 Å². The van der Waals surface area contributed by atoms with E-state index in [-0.39, 0.29) is 11.9 Å². The smallest absolute Gasteiger partial charge is 0.252 e. The van der Waals surface area contributed by atoms with Gasteiger partial charge in [0.05, 0.1) is 0 Å². The van der Waals surface area contributed by atoms with Crippen LogP contribution in [0.1, 0.15) is 31.9 Å². The standard InChI is InChI=1S/C20H23NO/c1-15(2)16(3)21-20(22)19(18-12-8-5-9-13-18)14-17-10-6-4-7-11-17/h4-16H,1-3H3,(H,21,22)/b19-14+/t16-/m1/s1. The molecule has 0 aliphatic heterocycles. The van der Waals surface area contributed by atoms with Crippen molar-refractivity contribution in [3.8, 4) is 0 Å². The van der Waals surface area contributed by atoms with Gasteiger partial charge >= 0.3 is 0 Å². The van der Waals surface area contributed by atoms with Gasteiger partial charge in [-0.3, -0.25) is 4.79 Å². The highest BCUT2D eigenvalue weighted by molar-refractivity contribution is 6.24. The summed E-state index contributed by atoms with van der Waals surface area (Å²) in [5.41, 5.74) is 2.65. The first-order chi connectivity index (χ1) is 10.6. The molecular weight excluding hydrogens is 270 g/mol. The Balaban J connectivity index is 2.34. The molecule has 2 rings (SSSR count). The fourth-order valence-electron chi connectivity index (χ4n) is 2.06. The predicted octanol–water partition coefficient (Wildman–Crippen LogP) is 4.39. The average Bonchev–Trinajstić information content (AvgIpc) is 2.54. The van der Waals surface area contributed by atoms with Gasteiger partial charge in [-0.05, 0) is 30.0 Å². The van der Waals surface area contributed by atoms with Gasteiger partial charge in [0.2, 0.25) is 0 Å². The molecule has 0 saturated heterocycles. The Morgan fingerprint density at radius 2 is 1.45 bits per heavy atom. The molecule has 2 aromatic rings. The maximum atomic E-state index is 12.7. The Hall–Kier alpha value is -2.35. The van der Waals surface area contributed by atoms with Crippen molar-refractivity contribution in [3.63, 3.8) is 0 Å². The molecule has 0 aromatic heterocycles. The van der Waals surface area contributed by atoms with Gasteiger partial charge in [-0.2, -0.15) is 0 Å². The van der Waals surface area contributed by atoms with Crippen molar-refractivity contribution in [2.75, 3.05) is 0 Å². The molecule has 0 spiro atoms. The van der Waals surface area contributed by atoms with Crippen LogP contribution in [-0.4, -0.2) is 11.9 Å². The monoisotopic (exact) mass is 293 g/mol. The van der Waals surface area contributed by atoms with E-state index in [2.05, 4.69) is 19.2 Å². The summed E-state index contributed by atoms with van der Waals surface area (Å²) in [5.74, 6) is 0.369. The number of carbonyl (C=O) groups is 1. The number of hydrogen-bond donors (Lipinski definition) is 1. The van der Waals surface area contributed by atoms with Crippen molar-refractivity contribution in [1.82, 2.24) is 5.32 Å². The van der Waals surface area contributed by atoms with E-state index in [9.17, 15) is 4.79 Å². The highest BCUT2D eigenvalue weighted by atomic mass is 16.1. The van der Waals surface area contributed by atoms with E-state index in [0.717, 1.165) is 11.1 Å². The zero-order valence-corrected chi connectivity index (χ0v) is 13.4. The summed E-state index contributed by atoms with van der Waals surface area (Å²) in [7, 11) is 0. The summed E-state index contributed by atoms with van der Waals surface area (Å²) in [5, 5.41) is 3.09. The van der Waals surface area contributed by atoms with Crippen molar-refractivity contribution in [1.29, 1.82) is 0 Å². The molecule has 0 bridgehead atoms. The summed E-state index contributed by atoms with van der Waals surface area (Å²) < 4.78 is 0. The van der Waals surface area contributed by atoms with Crippen LogP contribution >= 0.6 is 0 Å². The molecule has 1 amide bonds. The molecule has 0 aliphatic carbocycles. The topological polar surface area (TPSA) is 29.1 Å². The van der Waals surface area contributed by atoms with E-state index in [4.69, 9.17) is 0 Å². The largest absolute Gasteiger partial charge is 0.349 e. The lowest BCUT2D eigenvalue weighted by molar-refractivity contribution is -0.116. The molecule has 0 unspecified atom stereocenters.